The molecule has 0 bridgehead atoms. The Morgan fingerprint density at radius 1 is 1.58 bits per heavy atom. The molecular weight excluding hydrogens is 253 g/mol. The standard InChI is InChI=1S/C12H12FN3O3/c1-12(2,6-14)7-15-11(17)9-4-3-8(16(18)19)5-10(9)13/h3-5H,7H2,1-2H3,(H,15,17). The monoisotopic (exact) mass is 265 g/mol. The van der Waals surface area contributed by atoms with Gasteiger partial charge in [0.1, 0.15) is 5.82 Å². The van der Waals surface area contributed by atoms with E-state index in [0.717, 1.165) is 12.1 Å². The summed E-state index contributed by atoms with van der Waals surface area (Å²) in [5.41, 5.74) is -1.49. The second kappa shape index (κ2) is 5.44. The quantitative estimate of drug-likeness (QED) is 0.665. The summed E-state index contributed by atoms with van der Waals surface area (Å²) >= 11 is 0. The van der Waals surface area contributed by atoms with Gasteiger partial charge in [0.05, 0.1) is 28.0 Å². The smallest absolute Gasteiger partial charge is 0.272 e. The van der Waals surface area contributed by atoms with Crippen molar-refractivity contribution in [3.8, 4) is 6.07 Å². The van der Waals surface area contributed by atoms with Gasteiger partial charge in [-0.1, -0.05) is 0 Å². The van der Waals surface area contributed by atoms with E-state index in [0.29, 0.717) is 6.07 Å². The minimum absolute atomic E-state index is 0.0543. The number of hydrogen-bond donors (Lipinski definition) is 1. The Balaban J connectivity index is 2.84. The molecule has 19 heavy (non-hydrogen) atoms. The third kappa shape index (κ3) is 3.74. The molecule has 6 nitrogen and oxygen atoms in total. The first-order valence-corrected chi connectivity index (χ1v) is 5.40. The molecule has 0 aliphatic carbocycles. The Morgan fingerprint density at radius 3 is 2.68 bits per heavy atom. The highest BCUT2D eigenvalue weighted by molar-refractivity contribution is 5.94. The van der Waals surface area contributed by atoms with E-state index in [1.165, 1.54) is 0 Å². The molecule has 1 N–H and O–H groups in total. The number of amides is 1. The number of rotatable bonds is 4. The third-order valence-electron chi connectivity index (χ3n) is 2.40. The van der Waals surface area contributed by atoms with Crippen molar-refractivity contribution in [1.29, 1.82) is 5.26 Å². The van der Waals surface area contributed by atoms with Crippen LogP contribution in [0.3, 0.4) is 0 Å². The fraction of sp³-hybridized carbons (Fsp3) is 0.333. The van der Waals surface area contributed by atoms with E-state index in [9.17, 15) is 19.3 Å². The fourth-order valence-corrected chi connectivity index (χ4v) is 1.24. The molecule has 0 aliphatic heterocycles. The molecule has 0 saturated heterocycles. The molecule has 0 aromatic heterocycles. The summed E-state index contributed by atoms with van der Waals surface area (Å²) in [6, 6.07) is 4.77. The normalized spacial score (nSPS) is 10.6. The lowest BCUT2D eigenvalue weighted by molar-refractivity contribution is -0.385. The van der Waals surface area contributed by atoms with Gasteiger partial charge in [0.2, 0.25) is 0 Å². The molecule has 1 amide bonds. The molecule has 100 valence electrons. The van der Waals surface area contributed by atoms with Gasteiger partial charge in [-0.15, -0.1) is 0 Å². The maximum Gasteiger partial charge on any atom is 0.272 e. The molecule has 0 aliphatic rings. The molecule has 0 atom stereocenters. The van der Waals surface area contributed by atoms with Gasteiger partial charge in [-0.3, -0.25) is 14.9 Å². The number of nitro benzene ring substituents is 1. The summed E-state index contributed by atoms with van der Waals surface area (Å²) in [7, 11) is 0. The van der Waals surface area contributed by atoms with Crippen LogP contribution >= 0.6 is 0 Å². The average Bonchev–Trinajstić information content (AvgIpc) is 2.36. The maximum absolute atomic E-state index is 13.5. The first-order valence-electron chi connectivity index (χ1n) is 5.40. The van der Waals surface area contributed by atoms with Crippen LogP contribution in [0.2, 0.25) is 0 Å². The van der Waals surface area contributed by atoms with Gasteiger partial charge >= 0.3 is 0 Å². The zero-order chi connectivity index (χ0) is 14.6. The summed E-state index contributed by atoms with van der Waals surface area (Å²) in [5.74, 6) is -1.68. The molecular formula is C12H12FN3O3. The summed E-state index contributed by atoms with van der Waals surface area (Å²) in [4.78, 5) is 21.4. The SMILES string of the molecule is CC(C)(C#N)CNC(=O)c1ccc([N+](=O)[O-])cc1F. The lowest BCUT2D eigenvalue weighted by atomic mass is 9.96. The summed E-state index contributed by atoms with van der Waals surface area (Å²) < 4.78 is 13.5. The number of benzene rings is 1. The van der Waals surface area contributed by atoms with Crippen molar-refractivity contribution in [2.24, 2.45) is 5.41 Å². The van der Waals surface area contributed by atoms with E-state index < -0.39 is 27.8 Å². The first kappa shape index (κ1) is 14.6. The van der Waals surface area contributed by atoms with Crippen molar-refractivity contribution >= 4 is 11.6 Å². The van der Waals surface area contributed by atoms with Crippen molar-refractivity contribution in [2.45, 2.75) is 13.8 Å². The highest BCUT2D eigenvalue weighted by Gasteiger charge is 2.20. The molecule has 0 saturated carbocycles. The third-order valence-corrected chi connectivity index (χ3v) is 2.40. The molecule has 0 spiro atoms. The summed E-state index contributed by atoms with van der Waals surface area (Å²) in [5, 5.41) is 21.6. The molecule has 0 fully saturated rings. The Bertz CT molecular complexity index is 564. The fourth-order valence-electron chi connectivity index (χ4n) is 1.24. The van der Waals surface area contributed by atoms with Gasteiger partial charge in [0.25, 0.3) is 11.6 Å². The summed E-state index contributed by atoms with van der Waals surface area (Å²) in [6.45, 7) is 3.30. The van der Waals surface area contributed by atoms with Crippen LogP contribution in [0.25, 0.3) is 0 Å². The van der Waals surface area contributed by atoms with Crippen LogP contribution in [-0.4, -0.2) is 17.4 Å². The van der Waals surface area contributed by atoms with Crippen LogP contribution in [0.1, 0.15) is 24.2 Å². The number of nitrogens with zero attached hydrogens (tertiary/aromatic N) is 2. The van der Waals surface area contributed by atoms with Crippen molar-refractivity contribution in [1.82, 2.24) is 5.32 Å². The van der Waals surface area contributed by atoms with E-state index in [2.05, 4.69) is 5.32 Å². The predicted molar refractivity (Wildman–Crippen MR) is 64.8 cm³/mol. The lowest BCUT2D eigenvalue weighted by Gasteiger charge is -2.15. The molecule has 1 rings (SSSR count). The van der Waals surface area contributed by atoms with Crippen LogP contribution in [-0.2, 0) is 0 Å². The van der Waals surface area contributed by atoms with Gasteiger partial charge in [0, 0.05) is 12.6 Å². The number of carbonyl (C=O) groups excluding carboxylic acids is 1. The number of non-ortho nitro benzene ring substituents is 1. The molecule has 1 aromatic carbocycles. The van der Waals surface area contributed by atoms with Crippen LogP contribution < -0.4 is 5.32 Å². The van der Waals surface area contributed by atoms with Gasteiger partial charge in [-0.2, -0.15) is 5.26 Å². The van der Waals surface area contributed by atoms with Crippen LogP contribution in [0, 0.1) is 32.7 Å². The Labute approximate surface area is 109 Å². The van der Waals surface area contributed by atoms with Gasteiger partial charge in [0.15, 0.2) is 0 Å². The Morgan fingerprint density at radius 2 is 2.21 bits per heavy atom. The van der Waals surface area contributed by atoms with Crippen molar-refractivity contribution in [3.05, 3.63) is 39.7 Å². The van der Waals surface area contributed by atoms with E-state index in [4.69, 9.17) is 5.26 Å². The van der Waals surface area contributed by atoms with Gasteiger partial charge < -0.3 is 5.32 Å². The molecule has 0 radical (unpaired) electrons. The lowest BCUT2D eigenvalue weighted by Crippen LogP contribution is -2.33. The number of halogens is 1. The molecule has 7 heteroatoms. The number of nitrogens with one attached hydrogen (secondary N) is 1. The number of hydrogen-bond acceptors (Lipinski definition) is 4. The van der Waals surface area contributed by atoms with Gasteiger partial charge in [-0.25, -0.2) is 4.39 Å². The maximum atomic E-state index is 13.5. The number of carbonyl (C=O) groups is 1. The highest BCUT2D eigenvalue weighted by Crippen LogP contribution is 2.17. The van der Waals surface area contributed by atoms with E-state index in [1.807, 2.05) is 6.07 Å². The number of nitro groups is 1. The summed E-state index contributed by atoms with van der Waals surface area (Å²) in [6.07, 6.45) is 0. The topological polar surface area (TPSA) is 96.0 Å². The van der Waals surface area contributed by atoms with Crippen molar-refractivity contribution < 1.29 is 14.1 Å². The molecule has 0 unspecified atom stereocenters. The average molecular weight is 265 g/mol. The van der Waals surface area contributed by atoms with E-state index >= 15 is 0 Å². The van der Waals surface area contributed by atoms with Crippen molar-refractivity contribution in [3.63, 3.8) is 0 Å². The Hall–Kier alpha value is -2.49. The molecule has 1 aromatic rings. The molecule has 0 heterocycles. The van der Waals surface area contributed by atoms with Crippen LogP contribution in [0.15, 0.2) is 18.2 Å². The van der Waals surface area contributed by atoms with Crippen LogP contribution in [0.5, 0.6) is 0 Å². The zero-order valence-corrected chi connectivity index (χ0v) is 10.4. The van der Waals surface area contributed by atoms with Gasteiger partial charge in [-0.05, 0) is 19.9 Å². The van der Waals surface area contributed by atoms with E-state index in [1.54, 1.807) is 13.8 Å². The second-order valence-corrected chi connectivity index (χ2v) is 4.60. The minimum Gasteiger partial charge on any atom is -0.350 e. The number of nitriles is 1. The highest BCUT2D eigenvalue weighted by atomic mass is 19.1. The first-order chi connectivity index (χ1) is 8.76. The zero-order valence-electron chi connectivity index (χ0n) is 10.4. The minimum atomic E-state index is -0.971. The predicted octanol–water partition coefficient (Wildman–Crippen LogP) is 2.01. The van der Waals surface area contributed by atoms with Crippen LogP contribution in [0.4, 0.5) is 10.1 Å². The largest absolute Gasteiger partial charge is 0.350 e. The van der Waals surface area contributed by atoms with Crippen molar-refractivity contribution in [2.75, 3.05) is 6.54 Å². The Kier molecular flexibility index (Phi) is 4.17. The van der Waals surface area contributed by atoms with E-state index in [-0.39, 0.29) is 12.1 Å². The second-order valence-electron chi connectivity index (χ2n) is 4.60.